The smallest absolute Gasteiger partial charge is 0.340 e. The summed E-state index contributed by atoms with van der Waals surface area (Å²) in [5, 5.41) is 0. The van der Waals surface area contributed by atoms with Crippen LogP contribution in [0.15, 0.2) is 103 Å². The number of benzene rings is 4. The number of hydrogen-bond donors (Lipinski definition) is 0. The molecule has 9 nitrogen and oxygen atoms in total. The van der Waals surface area contributed by atoms with Gasteiger partial charge in [-0.2, -0.15) is 0 Å². The van der Waals surface area contributed by atoms with Gasteiger partial charge >= 0.3 is 23.9 Å². The molecule has 4 aromatic rings. The van der Waals surface area contributed by atoms with Crippen molar-refractivity contribution in [3.63, 3.8) is 0 Å². The minimum Gasteiger partial charge on any atom is -0.459 e. The molecule has 1 heterocycles. The molecule has 1 aliphatic heterocycles. The lowest BCUT2D eigenvalue weighted by Crippen LogP contribution is -2.42. The summed E-state index contributed by atoms with van der Waals surface area (Å²) < 4.78 is 28.9. The Hall–Kier alpha value is -5.28. The number of carbonyl (C=O) groups is 4. The first-order valence-electron chi connectivity index (χ1n) is 14.4. The Balaban J connectivity index is 1.44. The summed E-state index contributed by atoms with van der Waals surface area (Å²) >= 11 is 0. The normalized spacial score (nSPS) is 18.9. The first-order valence-corrected chi connectivity index (χ1v) is 14.4. The second-order valence-electron chi connectivity index (χ2n) is 10.8. The van der Waals surface area contributed by atoms with E-state index in [0.29, 0.717) is 5.56 Å². The van der Waals surface area contributed by atoms with Crippen LogP contribution in [-0.4, -0.2) is 55.1 Å². The summed E-state index contributed by atoms with van der Waals surface area (Å²) in [6.45, 7) is 5.26. The van der Waals surface area contributed by atoms with E-state index in [1.807, 2.05) is 20.8 Å². The Labute approximate surface area is 260 Å². The van der Waals surface area contributed by atoms with Crippen LogP contribution in [0, 0.1) is 20.8 Å². The quantitative estimate of drug-likeness (QED) is 0.172. The zero-order valence-electron chi connectivity index (χ0n) is 25.0. The van der Waals surface area contributed by atoms with E-state index in [2.05, 4.69) is 0 Å². The Morgan fingerprint density at radius 3 is 1.40 bits per heavy atom. The third-order valence-corrected chi connectivity index (χ3v) is 7.23. The van der Waals surface area contributed by atoms with Crippen LogP contribution >= 0.6 is 0 Å². The highest BCUT2D eigenvalue weighted by Crippen LogP contribution is 2.31. The van der Waals surface area contributed by atoms with Gasteiger partial charge in [-0.1, -0.05) is 71.3 Å². The van der Waals surface area contributed by atoms with E-state index in [0.717, 1.165) is 16.7 Å². The van der Waals surface area contributed by atoms with Gasteiger partial charge in [-0.3, -0.25) is 0 Å². The van der Waals surface area contributed by atoms with Crippen LogP contribution in [-0.2, 0) is 23.7 Å². The molecule has 0 saturated carbocycles. The lowest BCUT2D eigenvalue weighted by Gasteiger charge is -2.24. The second-order valence-corrected chi connectivity index (χ2v) is 10.8. The average Bonchev–Trinajstić information content (AvgIpc) is 3.35. The van der Waals surface area contributed by atoms with Gasteiger partial charge in [0.2, 0.25) is 12.4 Å². The van der Waals surface area contributed by atoms with Gasteiger partial charge in [-0.25, -0.2) is 19.2 Å². The Kier molecular flexibility index (Phi) is 9.70. The first-order chi connectivity index (χ1) is 21.7. The van der Waals surface area contributed by atoms with Crippen molar-refractivity contribution in [1.82, 2.24) is 0 Å². The van der Waals surface area contributed by atoms with Crippen LogP contribution < -0.4 is 0 Å². The van der Waals surface area contributed by atoms with Crippen molar-refractivity contribution in [2.75, 3.05) is 6.61 Å². The molecule has 230 valence electrons. The monoisotopic (exact) mass is 608 g/mol. The number of rotatable bonds is 9. The highest BCUT2D eigenvalue weighted by Gasteiger charge is 2.52. The maximum absolute atomic E-state index is 13.3. The van der Waals surface area contributed by atoms with Crippen LogP contribution in [0.5, 0.6) is 0 Å². The Bertz CT molecular complexity index is 1650. The minimum atomic E-state index is -1.50. The molecule has 0 unspecified atom stereocenters. The maximum atomic E-state index is 13.3. The van der Waals surface area contributed by atoms with Crippen molar-refractivity contribution >= 4 is 23.9 Å². The highest BCUT2D eigenvalue weighted by molar-refractivity contribution is 5.91. The summed E-state index contributed by atoms with van der Waals surface area (Å²) in [5.74, 6) is -2.87. The molecule has 0 aliphatic carbocycles. The van der Waals surface area contributed by atoms with E-state index >= 15 is 0 Å². The predicted molar refractivity (Wildman–Crippen MR) is 163 cm³/mol. The SMILES string of the molecule is Cc1ccc(C(=O)OC[C@H]2O[C@H](OC(=O)c3ccc(C)cc3)[C@H](OC(=O)c3ccccc3)[C@@H]2OC(=O)c2ccc(C)cc2)cc1. The second kappa shape index (κ2) is 14.0. The lowest BCUT2D eigenvalue weighted by atomic mass is 10.1. The molecule has 4 atom stereocenters. The number of hydrogen-bond acceptors (Lipinski definition) is 9. The van der Waals surface area contributed by atoms with Crippen molar-refractivity contribution in [1.29, 1.82) is 0 Å². The molecule has 45 heavy (non-hydrogen) atoms. The van der Waals surface area contributed by atoms with Crippen LogP contribution in [0.4, 0.5) is 0 Å². The molecular formula is C36H32O9. The average molecular weight is 609 g/mol. The minimum absolute atomic E-state index is 0.221. The van der Waals surface area contributed by atoms with Gasteiger partial charge in [-0.15, -0.1) is 0 Å². The van der Waals surface area contributed by atoms with Crippen molar-refractivity contribution in [2.45, 2.75) is 45.4 Å². The van der Waals surface area contributed by atoms with Crippen molar-refractivity contribution in [3.05, 3.63) is 142 Å². The molecule has 0 bridgehead atoms. The molecule has 5 rings (SSSR count). The maximum Gasteiger partial charge on any atom is 0.340 e. The molecule has 0 N–H and O–H groups in total. The van der Waals surface area contributed by atoms with Crippen LogP contribution in [0.2, 0.25) is 0 Å². The Morgan fingerprint density at radius 1 is 0.511 bits per heavy atom. The number of carbonyl (C=O) groups excluding carboxylic acids is 4. The third-order valence-electron chi connectivity index (χ3n) is 7.23. The van der Waals surface area contributed by atoms with Gasteiger partial charge in [0.05, 0.1) is 22.3 Å². The number of aryl methyl sites for hydroxylation is 3. The molecule has 4 aromatic carbocycles. The topological polar surface area (TPSA) is 114 Å². The summed E-state index contributed by atoms with van der Waals surface area (Å²) in [6, 6.07) is 28.4. The largest absolute Gasteiger partial charge is 0.459 e. The van der Waals surface area contributed by atoms with Gasteiger partial charge in [0, 0.05) is 0 Å². The van der Waals surface area contributed by atoms with Gasteiger partial charge in [0.1, 0.15) is 12.7 Å². The fourth-order valence-electron chi connectivity index (χ4n) is 4.63. The van der Waals surface area contributed by atoms with Gasteiger partial charge in [-0.05, 0) is 69.3 Å². The molecule has 1 saturated heterocycles. The molecule has 0 radical (unpaired) electrons. The lowest BCUT2D eigenvalue weighted by molar-refractivity contribution is -0.141. The van der Waals surface area contributed by atoms with E-state index in [9.17, 15) is 19.2 Å². The molecule has 0 aromatic heterocycles. The van der Waals surface area contributed by atoms with Crippen molar-refractivity contribution in [3.8, 4) is 0 Å². The fourth-order valence-corrected chi connectivity index (χ4v) is 4.63. The van der Waals surface area contributed by atoms with E-state index in [4.69, 9.17) is 23.7 Å². The van der Waals surface area contributed by atoms with E-state index in [1.54, 1.807) is 103 Å². The predicted octanol–water partition coefficient (Wildman–Crippen LogP) is 5.80. The van der Waals surface area contributed by atoms with E-state index in [1.165, 1.54) is 0 Å². The summed E-state index contributed by atoms with van der Waals surface area (Å²) in [6.07, 6.45) is -5.36. The van der Waals surface area contributed by atoms with Crippen molar-refractivity contribution in [2.24, 2.45) is 0 Å². The van der Waals surface area contributed by atoms with Gasteiger partial charge < -0.3 is 23.7 Å². The number of esters is 4. The van der Waals surface area contributed by atoms with Crippen LogP contribution in [0.1, 0.15) is 58.1 Å². The van der Waals surface area contributed by atoms with Crippen LogP contribution in [0.3, 0.4) is 0 Å². The fraction of sp³-hybridized carbons (Fsp3) is 0.222. The first kappa shape index (κ1) is 31.2. The van der Waals surface area contributed by atoms with E-state index < -0.39 is 55.1 Å². The zero-order valence-corrected chi connectivity index (χ0v) is 25.0. The standard InChI is InChI=1S/C36H32O9/c1-22-9-15-26(16-10-22)32(37)41-21-29-30(43-34(39)27-17-11-23(2)12-18-27)31(44-33(38)25-7-5-4-6-8-25)36(42-29)45-35(40)28-19-13-24(3)14-20-28/h4-20,29-31,36H,21H2,1-3H3/t29-,30-,31-,36-/m1/s1. The molecule has 0 spiro atoms. The van der Waals surface area contributed by atoms with Gasteiger partial charge in [0.15, 0.2) is 6.10 Å². The molecule has 0 amide bonds. The third kappa shape index (κ3) is 7.82. The van der Waals surface area contributed by atoms with Gasteiger partial charge in [0.25, 0.3) is 0 Å². The van der Waals surface area contributed by atoms with E-state index in [-0.39, 0.29) is 16.7 Å². The van der Waals surface area contributed by atoms with Crippen molar-refractivity contribution < 1.29 is 42.9 Å². The molecular weight excluding hydrogens is 576 g/mol. The molecule has 1 aliphatic rings. The summed E-state index contributed by atoms with van der Waals surface area (Å²) in [7, 11) is 0. The zero-order chi connectivity index (χ0) is 31.9. The summed E-state index contributed by atoms with van der Waals surface area (Å²) in [4.78, 5) is 52.5. The Morgan fingerprint density at radius 2 is 0.911 bits per heavy atom. The van der Waals surface area contributed by atoms with Crippen LogP contribution in [0.25, 0.3) is 0 Å². The number of ether oxygens (including phenoxy) is 5. The molecule has 9 heteroatoms. The summed E-state index contributed by atoms with van der Waals surface area (Å²) in [5.41, 5.74) is 3.85. The highest BCUT2D eigenvalue weighted by atomic mass is 16.8. The molecule has 1 fully saturated rings.